The summed E-state index contributed by atoms with van der Waals surface area (Å²) in [6.45, 7) is 3.62. The van der Waals surface area contributed by atoms with Crippen LogP contribution in [0.4, 0.5) is 5.69 Å². The number of pyridine rings is 1. The van der Waals surface area contributed by atoms with Gasteiger partial charge in [0.15, 0.2) is 0 Å². The van der Waals surface area contributed by atoms with Crippen molar-refractivity contribution in [1.29, 1.82) is 0 Å². The molecule has 2 aromatic carbocycles. The number of rotatable bonds is 3. The fourth-order valence-electron chi connectivity index (χ4n) is 3.84. The molecule has 1 atom stereocenters. The van der Waals surface area contributed by atoms with Crippen LogP contribution in [-0.2, 0) is 0 Å². The average molecular weight is 330 g/mol. The molecule has 2 heterocycles. The van der Waals surface area contributed by atoms with E-state index in [-0.39, 0.29) is 0 Å². The molecule has 3 aromatic rings. The molecule has 1 aliphatic heterocycles. The van der Waals surface area contributed by atoms with Crippen LogP contribution in [0.3, 0.4) is 0 Å². The predicted octanol–water partition coefficient (Wildman–Crippen LogP) is 3.44. The molecule has 0 unspecified atom stereocenters. The summed E-state index contributed by atoms with van der Waals surface area (Å²) in [6.07, 6.45) is 1.06. The molecule has 1 fully saturated rings. The molecule has 1 aliphatic rings. The normalized spacial score (nSPS) is 17.2. The zero-order valence-electron chi connectivity index (χ0n) is 14.2. The third-order valence-corrected chi connectivity index (χ3v) is 5.00. The molecule has 4 nitrogen and oxygen atoms in total. The minimum Gasteiger partial charge on any atom is -0.370 e. The number of hydrogen-bond donors (Lipinski definition) is 1. The fraction of sp³-hybridized carbons (Fsp3) is 0.238. The Bertz CT molecular complexity index is 937. The van der Waals surface area contributed by atoms with E-state index in [4.69, 9.17) is 5.73 Å². The van der Waals surface area contributed by atoms with E-state index in [0.29, 0.717) is 17.2 Å². The lowest BCUT2D eigenvalue weighted by atomic mass is 9.98. The number of amides is 1. The fourth-order valence-corrected chi connectivity index (χ4v) is 3.84. The zero-order valence-corrected chi connectivity index (χ0v) is 14.2. The van der Waals surface area contributed by atoms with Crippen molar-refractivity contribution < 1.29 is 4.79 Å². The number of hydrogen-bond acceptors (Lipinski definition) is 3. The van der Waals surface area contributed by atoms with Crippen LogP contribution >= 0.6 is 0 Å². The molecule has 2 N–H and O–H groups in total. The van der Waals surface area contributed by atoms with Gasteiger partial charge in [0.05, 0.1) is 22.5 Å². The largest absolute Gasteiger partial charge is 0.370 e. The molecule has 25 heavy (non-hydrogen) atoms. The topological polar surface area (TPSA) is 59.2 Å². The number of aryl methyl sites for hydroxylation is 1. The highest BCUT2D eigenvalue weighted by Gasteiger charge is 2.29. The van der Waals surface area contributed by atoms with Gasteiger partial charge < -0.3 is 10.6 Å². The standard InChI is InChI=1S/C21H20N3O/c1-14-19(21(22)25)20(17-9-5-6-10-18(17)23-14)24-12-11-16(13-24)15-7-3-2-4-8-15/h2-4,6-10,16H,11-13H2,1H3,(H2,22,25)/t16-/m0/s1. The van der Waals surface area contributed by atoms with Gasteiger partial charge in [0, 0.05) is 24.4 Å². The molecule has 1 aromatic heterocycles. The van der Waals surface area contributed by atoms with Crippen LogP contribution in [0.15, 0.2) is 48.5 Å². The highest BCUT2D eigenvalue weighted by molar-refractivity contribution is 6.08. The number of carbonyl (C=O) groups excluding carboxylic acids is 1. The van der Waals surface area contributed by atoms with Gasteiger partial charge in [0.25, 0.3) is 5.91 Å². The third-order valence-electron chi connectivity index (χ3n) is 5.00. The lowest BCUT2D eigenvalue weighted by molar-refractivity contribution is 0.1000. The molecule has 1 saturated heterocycles. The van der Waals surface area contributed by atoms with Crippen LogP contribution < -0.4 is 10.6 Å². The van der Waals surface area contributed by atoms with Crippen LogP contribution in [0.2, 0.25) is 0 Å². The lowest BCUT2D eigenvalue weighted by Crippen LogP contribution is -2.25. The van der Waals surface area contributed by atoms with E-state index < -0.39 is 5.91 Å². The maximum Gasteiger partial charge on any atom is 0.252 e. The van der Waals surface area contributed by atoms with Gasteiger partial charge in [-0.05, 0) is 37.1 Å². The molecule has 4 heteroatoms. The van der Waals surface area contributed by atoms with Crippen LogP contribution in [-0.4, -0.2) is 24.0 Å². The summed E-state index contributed by atoms with van der Waals surface area (Å²) in [5.41, 5.74) is 10.0. The highest BCUT2D eigenvalue weighted by atomic mass is 16.1. The Morgan fingerprint density at radius 1 is 1.28 bits per heavy atom. The van der Waals surface area contributed by atoms with Crippen LogP contribution in [0.1, 0.15) is 34.0 Å². The number of carbonyl (C=O) groups is 1. The van der Waals surface area contributed by atoms with E-state index in [9.17, 15) is 4.79 Å². The molecular weight excluding hydrogens is 310 g/mol. The summed E-state index contributed by atoms with van der Waals surface area (Å²) in [5.74, 6) is 0.0343. The van der Waals surface area contributed by atoms with Crippen molar-refractivity contribution in [3.05, 3.63) is 71.4 Å². The first-order valence-electron chi connectivity index (χ1n) is 8.55. The maximum atomic E-state index is 12.1. The van der Waals surface area contributed by atoms with Crippen molar-refractivity contribution in [2.45, 2.75) is 19.3 Å². The van der Waals surface area contributed by atoms with Crippen LogP contribution in [0, 0.1) is 13.0 Å². The predicted molar refractivity (Wildman–Crippen MR) is 99.8 cm³/mol. The van der Waals surface area contributed by atoms with Gasteiger partial charge in [-0.2, -0.15) is 0 Å². The Morgan fingerprint density at radius 3 is 2.84 bits per heavy atom. The van der Waals surface area contributed by atoms with Crippen molar-refractivity contribution in [3.63, 3.8) is 0 Å². The summed E-state index contributed by atoms with van der Waals surface area (Å²) in [5, 5.41) is 0.940. The van der Waals surface area contributed by atoms with E-state index in [1.54, 1.807) is 0 Å². The van der Waals surface area contributed by atoms with Gasteiger partial charge in [0.1, 0.15) is 0 Å². The molecule has 1 radical (unpaired) electrons. The van der Waals surface area contributed by atoms with Crippen LogP contribution in [0.5, 0.6) is 0 Å². The molecule has 4 rings (SSSR count). The second kappa shape index (κ2) is 6.20. The van der Waals surface area contributed by atoms with Crippen molar-refractivity contribution in [3.8, 4) is 0 Å². The summed E-state index contributed by atoms with van der Waals surface area (Å²) in [7, 11) is 0. The number of fused-ring (bicyclic) bond motifs is 1. The SMILES string of the molecule is Cc1nc2cc[c]cc2c(N2CC[C@H](c3ccccc3)C2)c1C(N)=O. The summed E-state index contributed by atoms with van der Waals surface area (Å²) in [4.78, 5) is 19.0. The van der Waals surface area contributed by atoms with E-state index in [1.165, 1.54) is 5.56 Å². The Labute approximate surface area is 147 Å². The first-order chi connectivity index (χ1) is 12.1. The van der Waals surface area contributed by atoms with Gasteiger partial charge in [0.2, 0.25) is 0 Å². The number of aromatic nitrogens is 1. The molecule has 0 aliphatic carbocycles. The Kier molecular flexibility index (Phi) is 3.88. The molecule has 0 spiro atoms. The van der Waals surface area contributed by atoms with Crippen LogP contribution in [0.25, 0.3) is 10.9 Å². The minimum atomic E-state index is -0.422. The first-order valence-corrected chi connectivity index (χ1v) is 8.55. The van der Waals surface area contributed by atoms with Gasteiger partial charge in [-0.25, -0.2) is 0 Å². The quantitative estimate of drug-likeness (QED) is 0.800. The monoisotopic (exact) mass is 330 g/mol. The van der Waals surface area contributed by atoms with Crippen molar-refractivity contribution in [1.82, 2.24) is 4.98 Å². The summed E-state index contributed by atoms with van der Waals surface area (Å²) >= 11 is 0. The van der Waals surface area contributed by atoms with Gasteiger partial charge in [-0.3, -0.25) is 9.78 Å². The Morgan fingerprint density at radius 2 is 2.08 bits per heavy atom. The molecule has 125 valence electrons. The average Bonchev–Trinajstić information content (AvgIpc) is 3.10. The van der Waals surface area contributed by atoms with Gasteiger partial charge in [-0.15, -0.1) is 0 Å². The maximum absolute atomic E-state index is 12.1. The van der Waals surface area contributed by atoms with E-state index in [2.05, 4.69) is 40.2 Å². The van der Waals surface area contributed by atoms with Gasteiger partial charge in [-0.1, -0.05) is 36.4 Å². The van der Waals surface area contributed by atoms with E-state index in [1.807, 2.05) is 31.2 Å². The molecule has 0 bridgehead atoms. The lowest BCUT2D eigenvalue weighted by Gasteiger charge is -2.24. The number of primary amides is 1. The van der Waals surface area contributed by atoms with Crippen molar-refractivity contribution in [2.24, 2.45) is 5.73 Å². The molecule has 0 saturated carbocycles. The number of nitrogens with two attached hydrogens (primary N) is 1. The molecule has 1 amide bonds. The Hall–Kier alpha value is -2.88. The van der Waals surface area contributed by atoms with Crippen molar-refractivity contribution in [2.75, 3.05) is 18.0 Å². The van der Waals surface area contributed by atoms with Gasteiger partial charge >= 0.3 is 0 Å². The second-order valence-electron chi connectivity index (χ2n) is 6.57. The minimum absolute atomic E-state index is 0.422. The highest BCUT2D eigenvalue weighted by Crippen LogP contribution is 2.37. The van der Waals surface area contributed by atoms with E-state index >= 15 is 0 Å². The smallest absolute Gasteiger partial charge is 0.252 e. The van der Waals surface area contributed by atoms with Crippen molar-refractivity contribution >= 4 is 22.5 Å². The zero-order chi connectivity index (χ0) is 17.4. The number of nitrogens with zero attached hydrogens (tertiary/aromatic N) is 2. The third kappa shape index (κ3) is 2.74. The number of anilines is 1. The molecular formula is C21H20N3O. The summed E-state index contributed by atoms with van der Waals surface area (Å²) < 4.78 is 0. The summed E-state index contributed by atoms with van der Waals surface area (Å²) in [6, 6.07) is 19.3. The van der Waals surface area contributed by atoms with E-state index in [0.717, 1.165) is 36.1 Å². The Balaban J connectivity index is 1.81. The number of benzene rings is 2. The second-order valence-corrected chi connectivity index (χ2v) is 6.57. The first kappa shape index (κ1) is 15.6.